The van der Waals surface area contributed by atoms with Gasteiger partial charge in [-0.2, -0.15) is 0 Å². The summed E-state index contributed by atoms with van der Waals surface area (Å²) >= 11 is 0. The van der Waals surface area contributed by atoms with Crippen LogP contribution in [0.15, 0.2) is 18.2 Å². The molecule has 1 rings (SSSR count). The zero-order valence-electron chi connectivity index (χ0n) is 10.1. The van der Waals surface area contributed by atoms with E-state index in [0.29, 0.717) is 18.5 Å². The van der Waals surface area contributed by atoms with Crippen LogP contribution < -0.4 is 5.73 Å². The molecule has 0 spiro atoms. The normalized spacial score (nSPS) is 13.9. The van der Waals surface area contributed by atoms with E-state index in [0.717, 1.165) is 5.56 Å². The molecule has 3 N–H and O–H groups in total. The Morgan fingerprint density at radius 3 is 2.50 bits per heavy atom. The van der Waals surface area contributed by atoms with E-state index in [2.05, 4.69) is 0 Å². The largest absolute Gasteiger partial charge is 0.388 e. The zero-order chi connectivity index (χ0) is 12.3. The second-order valence-corrected chi connectivity index (χ2v) is 5.08. The van der Waals surface area contributed by atoms with Crippen LogP contribution >= 0.6 is 0 Å². The van der Waals surface area contributed by atoms with E-state index in [4.69, 9.17) is 5.73 Å². The van der Waals surface area contributed by atoms with Crippen molar-refractivity contribution in [3.05, 3.63) is 35.1 Å². The van der Waals surface area contributed by atoms with Crippen LogP contribution in [0.2, 0.25) is 0 Å². The number of nitrogens with two attached hydrogens (primary N) is 1. The van der Waals surface area contributed by atoms with Crippen LogP contribution in [0.25, 0.3) is 0 Å². The standard InChI is InChI=1S/C13H20FNO/c1-13(2,3)10-8-9(4-5-11(10)14)12(16)6-7-15/h4-5,8,12,16H,6-7,15H2,1-3H3/t12-/m1/s1. The minimum absolute atomic E-state index is 0.226. The quantitative estimate of drug-likeness (QED) is 0.830. The second kappa shape index (κ2) is 4.93. The van der Waals surface area contributed by atoms with Crippen molar-refractivity contribution < 1.29 is 9.50 Å². The molecule has 3 heteroatoms. The third kappa shape index (κ3) is 3.03. The Morgan fingerprint density at radius 1 is 1.38 bits per heavy atom. The van der Waals surface area contributed by atoms with Gasteiger partial charge in [0.2, 0.25) is 0 Å². The van der Waals surface area contributed by atoms with Crippen LogP contribution in [-0.4, -0.2) is 11.7 Å². The van der Waals surface area contributed by atoms with E-state index < -0.39 is 6.10 Å². The Hall–Kier alpha value is -0.930. The third-order valence-electron chi connectivity index (χ3n) is 2.62. The molecule has 90 valence electrons. The molecular formula is C13H20FNO. The van der Waals surface area contributed by atoms with E-state index in [1.165, 1.54) is 6.07 Å². The summed E-state index contributed by atoms with van der Waals surface area (Å²) < 4.78 is 13.6. The number of aliphatic hydroxyl groups excluding tert-OH is 1. The average molecular weight is 225 g/mol. The molecular weight excluding hydrogens is 205 g/mol. The van der Waals surface area contributed by atoms with Gasteiger partial charge in [-0.25, -0.2) is 4.39 Å². The number of hydrogen-bond donors (Lipinski definition) is 2. The van der Waals surface area contributed by atoms with Crippen LogP contribution in [0.4, 0.5) is 4.39 Å². The molecule has 0 fully saturated rings. The van der Waals surface area contributed by atoms with Gasteiger partial charge in [-0.05, 0) is 41.6 Å². The predicted octanol–water partition coefficient (Wildman–Crippen LogP) is 2.51. The Kier molecular flexibility index (Phi) is 4.05. The first kappa shape index (κ1) is 13.1. The minimum Gasteiger partial charge on any atom is -0.388 e. The van der Waals surface area contributed by atoms with Crippen molar-refractivity contribution in [1.82, 2.24) is 0 Å². The predicted molar refractivity (Wildman–Crippen MR) is 63.7 cm³/mol. The summed E-state index contributed by atoms with van der Waals surface area (Å²) in [6, 6.07) is 4.76. The summed E-state index contributed by atoms with van der Waals surface area (Å²) in [5.74, 6) is -0.226. The molecule has 0 aliphatic rings. The van der Waals surface area contributed by atoms with Crippen molar-refractivity contribution in [2.45, 2.75) is 38.7 Å². The number of halogens is 1. The SMILES string of the molecule is CC(C)(C)c1cc([C@H](O)CCN)ccc1F. The Labute approximate surface area is 96.3 Å². The highest BCUT2D eigenvalue weighted by Crippen LogP contribution is 2.28. The van der Waals surface area contributed by atoms with Crippen molar-refractivity contribution in [3.63, 3.8) is 0 Å². The maximum atomic E-state index is 13.6. The molecule has 0 heterocycles. The van der Waals surface area contributed by atoms with Gasteiger partial charge in [-0.15, -0.1) is 0 Å². The lowest BCUT2D eigenvalue weighted by Crippen LogP contribution is -2.15. The van der Waals surface area contributed by atoms with Gasteiger partial charge in [-0.1, -0.05) is 26.8 Å². The van der Waals surface area contributed by atoms with Gasteiger partial charge < -0.3 is 10.8 Å². The number of benzene rings is 1. The van der Waals surface area contributed by atoms with Crippen molar-refractivity contribution in [3.8, 4) is 0 Å². The fourth-order valence-electron chi connectivity index (χ4n) is 1.65. The molecule has 0 unspecified atom stereocenters. The van der Waals surface area contributed by atoms with Crippen LogP contribution in [-0.2, 0) is 5.41 Å². The summed E-state index contributed by atoms with van der Waals surface area (Å²) in [5.41, 5.74) is 6.48. The van der Waals surface area contributed by atoms with Gasteiger partial charge in [0.05, 0.1) is 6.10 Å². The molecule has 0 aliphatic heterocycles. The second-order valence-electron chi connectivity index (χ2n) is 5.08. The summed E-state index contributed by atoms with van der Waals surface area (Å²) in [6.07, 6.45) is -0.110. The topological polar surface area (TPSA) is 46.2 Å². The molecule has 0 aliphatic carbocycles. The Bertz CT molecular complexity index is 357. The molecule has 0 amide bonds. The van der Waals surface area contributed by atoms with Gasteiger partial charge in [0.15, 0.2) is 0 Å². The van der Waals surface area contributed by atoms with E-state index in [1.807, 2.05) is 20.8 Å². The summed E-state index contributed by atoms with van der Waals surface area (Å²) in [6.45, 7) is 6.27. The van der Waals surface area contributed by atoms with Crippen molar-refractivity contribution in [2.75, 3.05) is 6.54 Å². The number of aliphatic hydroxyl groups is 1. The zero-order valence-corrected chi connectivity index (χ0v) is 10.1. The molecule has 2 nitrogen and oxygen atoms in total. The Morgan fingerprint density at radius 2 is 2.00 bits per heavy atom. The molecule has 0 saturated carbocycles. The first-order valence-electron chi connectivity index (χ1n) is 5.54. The van der Waals surface area contributed by atoms with Gasteiger partial charge in [0, 0.05) is 0 Å². The fraction of sp³-hybridized carbons (Fsp3) is 0.538. The van der Waals surface area contributed by atoms with Crippen molar-refractivity contribution >= 4 is 0 Å². The van der Waals surface area contributed by atoms with Crippen molar-refractivity contribution in [2.24, 2.45) is 5.73 Å². The average Bonchev–Trinajstić information content (AvgIpc) is 2.16. The number of hydrogen-bond acceptors (Lipinski definition) is 2. The smallest absolute Gasteiger partial charge is 0.126 e. The van der Waals surface area contributed by atoms with Crippen molar-refractivity contribution in [1.29, 1.82) is 0 Å². The third-order valence-corrected chi connectivity index (χ3v) is 2.62. The van der Waals surface area contributed by atoms with Gasteiger partial charge in [-0.3, -0.25) is 0 Å². The highest BCUT2D eigenvalue weighted by atomic mass is 19.1. The van der Waals surface area contributed by atoms with E-state index in [9.17, 15) is 9.50 Å². The lowest BCUT2D eigenvalue weighted by atomic mass is 9.85. The van der Waals surface area contributed by atoms with Gasteiger partial charge in [0.25, 0.3) is 0 Å². The molecule has 0 aromatic heterocycles. The lowest BCUT2D eigenvalue weighted by Gasteiger charge is -2.21. The maximum Gasteiger partial charge on any atom is 0.126 e. The molecule has 16 heavy (non-hydrogen) atoms. The van der Waals surface area contributed by atoms with Gasteiger partial charge in [0.1, 0.15) is 5.82 Å². The van der Waals surface area contributed by atoms with Crippen LogP contribution in [0.5, 0.6) is 0 Å². The first-order chi connectivity index (χ1) is 7.36. The molecule has 0 bridgehead atoms. The molecule has 0 radical (unpaired) electrons. The molecule has 1 aromatic carbocycles. The fourth-order valence-corrected chi connectivity index (χ4v) is 1.65. The monoisotopic (exact) mass is 225 g/mol. The summed E-state index contributed by atoms with van der Waals surface area (Å²) in [7, 11) is 0. The molecule has 0 saturated heterocycles. The lowest BCUT2D eigenvalue weighted by molar-refractivity contribution is 0.170. The minimum atomic E-state index is -0.605. The molecule has 1 atom stereocenters. The van der Waals surface area contributed by atoms with E-state index in [1.54, 1.807) is 12.1 Å². The molecule has 1 aromatic rings. The summed E-state index contributed by atoms with van der Waals surface area (Å²) in [5, 5.41) is 9.80. The highest BCUT2D eigenvalue weighted by Gasteiger charge is 2.20. The maximum absolute atomic E-state index is 13.6. The van der Waals surface area contributed by atoms with Crippen LogP contribution in [0, 0.1) is 5.82 Å². The first-order valence-corrected chi connectivity index (χ1v) is 5.54. The van der Waals surface area contributed by atoms with E-state index in [-0.39, 0.29) is 11.2 Å². The van der Waals surface area contributed by atoms with E-state index >= 15 is 0 Å². The Balaban J connectivity index is 3.07. The van der Waals surface area contributed by atoms with Crippen LogP contribution in [0.1, 0.15) is 44.4 Å². The van der Waals surface area contributed by atoms with Gasteiger partial charge >= 0.3 is 0 Å². The highest BCUT2D eigenvalue weighted by molar-refractivity contribution is 5.31. The number of rotatable bonds is 3. The van der Waals surface area contributed by atoms with Crippen LogP contribution in [0.3, 0.4) is 0 Å². The summed E-state index contributed by atoms with van der Waals surface area (Å²) in [4.78, 5) is 0.